The van der Waals surface area contributed by atoms with Gasteiger partial charge in [0.25, 0.3) is 0 Å². The monoisotopic (exact) mass is 356 g/mol. The number of nitriles is 1. The minimum absolute atomic E-state index is 0.659. The van der Waals surface area contributed by atoms with Gasteiger partial charge < -0.3 is 9.30 Å². The molecular formula is C24H24N2O. The fourth-order valence-corrected chi connectivity index (χ4v) is 3.26. The molecule has 0 saturated heterocycles. The Kier molecular flexibility index (Phi) is 5.47. The van der Waals surface area contributed by atoms with Gasteiger partial charge in [-0.1, -0.05) is 29.8 Å². The van der Waals surface area contributed by atoms with Crippen molar-refractivity contribution in [3.05, 3.63) is 82.7 Å². The Morgan fingerprint density at radius 2 is 1.70 bits per heavy atom. The molecule has 0 unspecified atom stereocenters. The van der Waals surface area contributed by atoms with Crippen LogP contribution in [-0.4, -0.2) is 11.2 Å². The lowest BCUT2D eigenvalue weighted by atomic mass is 10.0. The Morgan fingerprint density at radius 1 is 1.04 bits per heavy atom. The molecule has 0 fully saturated rings. The third-order valence-corrected chi connectivity index (χ3v) is 4.66. The summed E-state index contributed by atoms with van der Waals surface area (Å²) in [5.41, 5.74) is 7.17. The van der Waals surface area contributed by atoms with Gasteiger partial charge >= 0.3 is 0 Å². The maximum Gasteiger partial charge on any atom is 0.119 e. The summed E-state index contributed by atoms with van der Waals surface area (Å²) in [5, 5.41) is 9.64. The Hall–Kier alpha value is -3.25. The van der Waals surface area contributed by atoms with Crippen LogP contribution in [-0.2, 0) is 0 Å². The normalized spacial score (nSPS) is 11.3. The number of nitrogens with zero attached hydrogens (tertiary/aromatic N) is 2. The largest absolute Gasteiger partial charge is 0.494 e. The lowest BCUT2D eigenvalue weighted by Crippen LogP contribution is -1.99. The van der Waals surface area contributed by atoms with E-state index < -0.39 is 0 Å². The predicted octanol–water partition coefficient (Wildman–Crippen LogP) is 5.87. The predicted molar refractivity (Wildman–Crippen MR) is 111 cm³/mol. The zero-order valence-corrected chi connectivity index (χ0v) is 16.3. The standard InChI is InChI=1S/C24H24N2O/c1-5-27-24-12-10-23(11-13-24)26-18(3)14-21(19(26)4)15-22(16-25)20-8-6-17(2)7-9-20/h6-15H,5H2,1-4H3/b22-15-. The highest BCUT2D eigenvalue weighted by molar-refractivity contribution is 5.90. The Balaban J connectivity index is 2.00. The Labute approximate surface area is 161 Å². The van der Waals surface area contributed by atoms with Gasteiger partial charge in [0, 0.05) is 17.1 Å². The molecule has 3 aromatic rings. The van der Waals surface area contributed by atoms with Gasteiger partial charge in [0.05, 0.1) is 18.2 Å². The maximum atomic E-state index is 9.64. The molecule has 0 amide bonds. The summed E-state index contributed by atoms with van der Waals surface area (Å²) in [5.74, 6) is 0.870. The van der Waals surface area contributed by atoms with E-state index >= 15 is 0 Å². The quantitative estimate of drug-likeness (QED) is 0.537. The van der Waals surface area contributed by atoms with E-state index in [0.717, 1.165) is 34.0 Å². The van der Waals surface area contributed by atoms with Gasteiger partial charge in [0.1, 0.15) is 5.75 Å². The highest BCUT2D eigenvalue weighted by Crippen LogP contribution is 2.26. The van der Waals surface area contributed by atoms with Crippen molar-refractivity contribution in [2.24, 2.45) is 0 Å². The summed E-state index contributed by atoms with van der Waals surface area (Å²) in [6.07, 6.45) is 1.97. The van der Waals surface area contributed by atoms with Crippen molar-refractivity contribution in [1.29, 1.82) is 5.26 Å². The van der Waals surface area contributed by atoms with Crippen LogP contribution >= 0.6 is 0 Å². The molecule has 0 atom stereocenters. The summed E-state index contributed by atoms with van der Waals surface area (Å²) in [7, 11) is 0. The van der Waals surface area contributed by atoms with Crippen molar-refractivity contribution in [2.75, 3.05) is 6.61 Å². The molecule has 3 rings (SSSR count). The molecule has 3 nitrogen and oxygen atoms in total. The molecule has 2 aromatic carbocycles. The van der Waals surface area contributed by atoms with Crippen LogP contribution in [0.25, 0.3) is 17.3 Å². The van der Waals surface area contributed by atoms with Gasteiger partial charge in [-0.15, -0.1) is 0 Å². The average Bonchev–Trinajstić information content (AvgIpc) is 2.95. The topological polar surface area (TPSA) is 38.0 Å². The molecule has 0 aliphatic rings. The summed E-state index contributed by atoms with van der Waals surface area (Å²) in [6, 6.07) is 20.6. The van der Waals surface area contributed by atoms with Crippen molar-refractivity contribution < 1.29 is 4.74 Å². The Morgan fingerprint density at radius 3 is 2.30 bits per heavy atom. The molecule has 0 aliphatic heterocycles. The van der Waals surface area contributed by atoms with Crippen molar-refractivity contribution >= 4 is 11.6 Å². The number of hydrogen-bond donors (Lipinski definition) is 0. The van der Waals surface area contributed by atoms with Crippen LogP contribution < -0.4 is 4.74 Å². The third kappa shape index (κ3) is 3.96. The van der Waals surface area contributed by atoms with Gasteiger partial charge in [-0.05, 0) is 75.2 Å². The number of aromatic nitrogens is 1. The molecule has 1 aromatic heterocycles. The van der Waals surface area contributed by atoms with E-state index in [9.17, 15) is 5.26 Å². The molecular weight excluding hydrogens is 332 g/mol. The molecule has 1 heterocycles. The van der Waals surface area contributed by atoms with Crippen LogP contribution in [0.2, 0.25) is 0 Å². The molecule has 0 N–H and O–H groups in total. The first-order valence-corrected chi connectivity index (χ1v) is 9.14. The van der Waals surface area contributed by atoms with Crippen molar-refractivity contribution in [1.82, 2.24) is 4.57 Å². The van der Waals surface area contributed by atoms with Gasteiger partial charge in [-0.3, -0.25) is 0 Å². The molecule has 0 spiro atoms. The fourth-order valence-electron chi connectivity index (χ4n) is 3.26. The van der Waals surface area contributed by atoms with Crippen LogP contribution in [0, 0.1) is 32.1 Å². The van der Waals surface area contributed by atoms with Crippen LogP contribution in [0.15, 0.2) is 54.6 Å². The number of rotatable bonds is 5. The number of hydrogen-bond acceptors (Lipinski definition) is 2. The lowest BCUT2D eigenvalue weighted by Gasteiger charge is -2.11. The molecule has 136 valence electrons. The average molecular weight is 356 g/mol. The van der Waals surface area contributed by atoms with E-state index in [1.165, 1.54) is 5.56 Å². The molecule has 0 aliphatic carbocycles. The van der Waals surface area contributed by atoms with Crippen LogP contribution in [0.5, 0.6) is 5.75 Å². The first-order chi connectivity index (χ1) is 13.0. The summed E-state index contributed by atoms with van der Waals surface area (Å²) >= 11 is 0. The second-order valence-corrected chi connectivity index (χ2v) is 6.62. The van der Waals surface area contributed by atoms with Crippen LogP contribution in [0.1, 0.15) is 35.0 Å². The van der Waals surface area contributed by atoms with Gasteiger partial charge in [0.15, 0.2) is 0 Å². The zero-order valence-electron chi connectivity index (χ0n) is 16.3. The number of aryl methyl sites for hydroxylation is 2. The van der Waals surface area contributed by atoms with Crippen molar-refractivity contribution in [3.63, 3.8) is 0 Å². The first kappa shape index (κ1) is 18.5. The third-order valence-electron chi connectivity index (χ3n) is 4.66. The van der Waals surface area contributed by atoms with E-state index in [4.69, 9.17) is 4.74 Å². The molecule has 0 radical (unpaired) electrons. The minimum atomic E-state index is 0.659. The molecule has 3 heteroatoms. The summed E-state index contributed by atoms with van der Waals surface area (Å²) < 4.78 is 7.73. The smallest absolute Gasteiger partial charge is 0.119 e. The number of allylic oxidation sites excluding steroid dienone is 1. The fraction of sp³-hybridized carbons (Fsp3) is 0.208. The first-order valence-electron chi connectivity index (χ1n) is 9.14. The Bertz CT molecular complexity index is 1000. The van der Waals surface area contributed by atoms with E-state index in [0.29, 0.717) is 12.2 Å². The highest BCUT2D eigenvalue weighted by atomic mass is 16.5. The van der Waals surface area contributed by atoms with E-state index in [1.54, 1.807) is 0 Å². The van der Waals surface area contributed by atoms with Gasteiger partial charge in [-0.2, -0.15) is 5.26 Å². The van der Waals surface area contributed by atoms with E-state index in [-0.39, 0.29) is 0 Å². The summed E-state index contributed by atoms with van der Waals surface area (Å²) in [6.45, 7) is 8.85. The lowest BCUT2D eigenvalue weighted by molar-refractivity contribution is 0.340. The molecule has 27 heavy (non-hydrogen) atoms. The molecule has 0 saturated carbocycles. The SMILES string of the molecule is CCOc1ccc(-n2c(C)cc(/C=C(/C#N)c3ccc(C)cc3)c2C)cc1. The maximum absolute atomic E-state index is 9.64. The number of ether oxygens (including phenoxy) is 1. The second kappa shape index (κ2) is 7.97. The summed E-state index contributed by atoms with van der Waals surface area (Å²) in [4.78, 5) is 0. The van der Waals surface area contributed by atoms with E-state index in [2.05, 4.69) is 42.7 Å². The van der Waals surface area contributed by atoms with Crippen LogP contribution in [0.4, 0.5) is 0 Å². The van der Waals surface area contributed by atoms with Crippen LogP contribution in [0.3, 0.4) is 0 Å². The van der Waals surface area contributed by atoms with Crippen molar-refractivity contribution in [3.8, 4) is 17.5 Å². The number of benzene rings is 2. The van der Waals surface area contributed by atoms with Gasteiger partial charge in [0.2, 0.25) is 0 Å². The second-order valence-electron chi connectivity index (χ2n) is 6.62. The highest BCUT2D eigenvalue weighted by Gasteiger charge is 2.11. The van der Waals surface area contributed by atoms with Crippen molar-refractivity contribution in [2.45, 2.75) is 27.7 Å². The minimum Gasteiger partial charge on any atom is -0.494 e. The molecule has 0 bridgehead atoms. The zero-order chi connectivity index (χ0) is 19.4. The van der Waals surface area contributed by atoms with Gasteiger partial charge in [-0.25, -0.2) is 0 Å². The van der Waals surface area contributed by atoms with E-state index in [1.807, 2.05) is 56.3 Å².